The van der Waals surface area contributed by atoms with Gasteiger partial charge in [0, 0.05) is 5.92 Å². The van der Waals surface area contributed by atoms with Gasteiger partial charge in [-0.25, -0.2) is 4.79 Å². The van der Waals surface area contributed by atoms with Crippen LogP contribution < -0.4 is 0 Å². The Hall–Kier alpha value is -1.66. The largest absolute Gasteiger partial charge is 0.456 e. The van der Waals surface area contributed by atoms with E-state index >= 15 is 0 Å². The lowest BCUT2D eigenvalue weighted by atomic mass is 9.89. The molecule has 1 aromatic rings. The smallest absolute Gasteiger partial charge is 0.337 e. The predicted molar refractivity (Wildman–Crippen MR) is 75.0 cm³/mol. The van der Waals surface area contributed by atoms with Crippen LogP contribution in [0.3, 0.4) is 0 Å². The summed E-state index contributed by atoms with van der Waals surface area (Å²) >= 11 is 0. The second-order valence-corrected chi connectivity index (χ2v) is 6.93. The Labute approximate surface area is 123 Å². The predicted octanol–water partition coefficient (Wildman–Crippen LogP) is 1.96. The minimum absolute atomic E-state index is 0.0516. The zero-order valence-corrected chi connectivity index (χ0v) is 12.4. The summed E-state index contributed by atoms with van der Waals surface area (Å²) in [7, 11) is -3.97. The van der Waals surface area contributed by atoms with Crippen LogP contribution >= 0.6 is 0 Å². The maximum absolute atomic E-state index is 12.3. The molecule has 1 aliphatic heterocycles. The number of allylic oxidation sites excluding steroid dienone is 1. The topological polar surface area (TPSA) is 69.7 Å². The molecule has 6 heteroatoms. The van der Waals surface area contributed by atoms with Crippen molar-refractivity contribution >= 4 is 16.1 Å². The quantitative estimate of drug-likeness (QED) is 0.485. The molecule has 1 saturated heterocycles. The minimum atomic E-state index is -3.97. The molecule has 1 heterocycles. The van der Waals surface area contributed by atoms with Crippen LogP contribution in [-0.4, -0.2) is 26.6 Å². The van der Waals surface area contributed by atoms with E-state index in [0.29, 0.717) is 6.42 Å². The minimum Gasteiger partial charge on any atom is -0.456 e. The van der Waals surface area contributed by atoms with Gasteiger partial charge in [-0.1, -0.05) is 23.8 Å². The number of fused-ring (bicyclic) bond motifs is 1. The summed E-state index contributed by atoms with van der Waals surface area (Å²) in [6.07, 6.45) is 3.79. The van der Waals surface area contributed by atoms with E-state index < -0.39 is 22.2 Å². The van der Waals surface area contributed by atoms with Crippen molar-refractivity contribution in [3.63, 3.8) is 0 Å². The summed E-state index contributed by atoms with van der Waals surface area (Å²) in [5.41, 5.74) is 0.951. The van der Waals surface area contributed by atoms with Crippen molar-refractivity contribution in [2.45, 2.75) is 36.9 Å². The molecule has 0 unspecified atom stereocenters. The van der Waals surface area contributed by atoms with Crippen LogP contribution in [0.4, 0.5) is 0 Å². The number of rotatable bonds is 3. The van der Waals surface area contributed by atoms with Crippen molar-refractivity contribution < 1.29 is 22.1 Å². The standard InChI is InChI=1S/C15H16O5S/c1-10-6-8-11(9-7-10)21(17,18)20-14-12-4-2-3-5-13(12)19-15(14)16/h3,5-9,12-14H,2,4H2,1H3/t12-,13+,14-/m0/s1. The molecule has 0 spiro atoms. The molecule has 0 N–H and O–H groups in total. The van der Waals surface area contributed by atoms with Gasteiger partial charge >= 0.3 is 5.97 Å². The highest BCUT2D eigenvalue weighted by Crippen LogP contribution is 2.34. The van der Waals surface area contributed by atoms with Gasteiger partial charge in [-0.3, -0.25) is 4.18 Å². The monoisotopic (exact) mass is 308 g/mol. The van der Waals surface area contributed by atoms with Crippen LogP contribution in [0.15, 0.2) is 41.3 Å². The summed E-state index contributed by atoms with van der Waals surface area (Å²) in [6.45, 7) is 1.87. The molecule has 1 fully saturated rings. The van der Waals surface area contributed by atoms with Crippen molar-refractivity contribution in [2.24, 2.45) is 5.92 Å². The molecule has 5 nitrogen and oxygen atoms in total. The van der Waals surface area contributed by atoms with Gasteiger partial charge in [0.2, 0.25) is 0 Å². The Balaban J connectivity index is 1.83. The lowest BCUT2D eigenvalue weighted by molar-refractivity contribution is -0.145. The molecule has 21 heavy (non-hydrogen) atoms. The molecule has 3 rings (SSSR count). The third-order valence-corrected chi connectivity index (χ3v) is 5.14. The highest BCUT2D eigenvalue weighted by atomic mass is 32.2. The van der Waals surface area contributed by atoms with Gasteiger partial charge in [0.05, 0.1) is 4.90 Å². The molecule has 0 aromatic heterocycles. The molecule has 0 bridgehead atoms. The Kier molecular flexibility index (Phi) is 3.59. The van der Waals surface area contributed by atoms with Crippen molar-refractivity contribution in [3.05, 3.63) is 42.0 Å². The van der Waals surface area contributed by atoms with Crippen molar-refractivity contribution in [2.75, 3.05) is 0 Å². The summed E-state index contributed by atoms with van der Waals surface area (Å²) in [6, 6.07) is 6.33. The summed E-state index contributed by atoms with van der Waals surface area (Å²) in [5.74, 6) is -0.838. The van der Waals surface area contributed by atoms with Crippen LogP contribution in [0.25, 0.3) is 0 Å². The van der Waals surface area contributed by atoms with E-state index in [1.54, 1.807) is 18.2 Å². The molecule has 0 amide bonds. The van der Waals surface area contributed by atoms with E-state index in [4.69, 9.17) is 8.92 Å². The average Bonchev–Trinajstić information content (AvgIpc) is 2.75. The zero-order chi connectivity index (χ0) is 15.0. The number of hydrogen-bond donors (Lipinski definition) is 0. The first-order valence-corrected chi connectivity index (χ1v) is 8.25. The lowest BCUT2D eigenvalue weighted by Crippen LogP contribution is -2.31. The van der Waals surface area contributed by atoms with Crippen LogP contribution in [0.1, 0.15) is 18.4 Å². The molecule has 112 valence electrons. The van der Waals surface area contributed by atoms with E-state index in [1.807, 2.05) is 13.0 Å². The second-order valence-electron chi connectivity index (χ2n) is 5.35. The fraction of sp³-hybridized carbons (Fsp3) is 0.400. The number of aryl methyl sites for hydroxylation is 1. The number of hydrogen-bond acceptors (Lipinski definition) is 5. The summed E-state index contributed by atoms with van der Waals surface area (Å²) in [4.78, 5) is 11.9. The maximum Gasteiger partial charge on any atom is 0.337 e. The molecular formula is C15H16O5S. The molecular weight excluding hydrogens is 292 g/mol. The number of esters is 1. The van der Waals surface area contributed by atoms with Crippen LogP contribution in [0.2, 0.25) is 0 Å². The van der Waals surface area contributed by atoms with Crippen LogP contribution in [-0.2, 0) is 23.8 Å². The van der Waals surface area contributed by atoms with Gasteiger partial charge in [0.1, 0.15) is 6.10 Å². The summed E-state index contributed by atoms with van der Waals surface area (Å²) in [5, 5.41) is 0. The van der Waals surface area contributed by atoms with E-state index in [0.717, 1.165) is 12.0 Å². The first-order chi connectivity index (χ1) is 9.97. The first kappa shape index (κ1) is 14.3. The molecule has 1 aromatic carbocycles. The fourth-order valence-corrected chi connectivity index (χ4v) is 3.73. The van der Waals surface area contributed by atoms with E-state index in [-0.39, 0.29) is 16.9 Å². The SMILES string of the molecule is Cc1ccc(S(=O)(=O)O[C@@H]2C(=O)O[C@@H]3C=CCC[C@H]23)cc1. The van der Waals surface area contributed by atoms with Gasteiger partial charge in [-0.15, -0.1) is 0 Å². The van der Waals surface area contributed by atoms with Gasteiger partial charge in [-0.2, -0.15) is 8.42 Å². The van der Waals surface area contributed by atoms with E-state index in [9.17, 15) is 13.2 Å². The average molecular weight is 308 g/mol. The van der Waals surface area contributed by atoms with Gasteiger partial charge < -0.3 is 4.74 Å². The van der Waals surface area contributed by atoms with Crippen molar-refractivity contribution in [1.29, 1.82) is 0 Å². The van der Waals surface area contributed by atoms with Crippen molar-refractivity contribution in [1.82, 2.24) is 0 Å². The van der Waals surface area contributed by atoms with E-state index in [2.05, 4.69) is 0 Å². The Morgan fingerprint density at radius 1 is 1.24 bits per heavy atom. The Bertz CT molecular complexity index is 675. The third kappa shape index (κ3) is 2.73. The second kappa shape index (κ2) is 5.27. The fourth-order valence-electron chi connectivity index (χ4n) is 2.66. The third-order valence-electron chi connectivity index (χ3n) is 3.83. The van der Waals surface area contributed by atoms with Crippen LogP contribution in [0.5, 0.6) is 0 Å². The van der Waals surface area contributed by atoms with E-state index in [1.165, 1.54) is 12.1 Å². The van der Waals surface area contributed by atoms with Gasteiger partial charge in [-0.05, 0) is 38.0 Å². The molecule has 2 aliphatic rings. The number of carbonyl (C=O) groups excluding carboxylic acids is 1. The molecule has 1 aliphatic carbocycles. The maximum atomic E-state index is 12.3. The number of benzene rings is 1. The zero-order valence-electron chi connectivity index (χ0n) is 11.6. The Morgan fingerprint density at radius 3 is 2.67 bits per heavy atom. The van der Waals surface area contributed by atoms with Gasteiger partial charge in [0.15, 0.2) is 6.10 Å². The highest BCUT2D eigenvalue weighted by Gasteiger charge is 2.47. The lowest BCUT2D eigenvalue weighted by Gasteiger charge is -2.20. The normalized spacial score (nSPS) is 28.2. The number of ether oxygens (including phenoxy) is 1. The van der Waals surface area contributed by atoms with Crippen LogP contribution in [0, 0.1) is 12.8 Å². The molecule has 0 saturated carbocycles. The first-order valence-electron chi connectivity index (χ1n) is 6.84. The Morgan fingerprint density at radius 2 is 1.95 bits per heavy atom. The summed E-state index contributed by atoms with van der Waals surface area (Å²) < 4.78 is 34.9. The molecule has 0 radical (unpaired) electrons. The highest BCUT2D eigenvalue weighted by molar-refractivity contribution is 7.86. The van der Waals surface area contributed by atoms with Crippen molar-refractivity contribution in [3.8, 4) is 0 Å². The number of carbonyl (C=O) groups is 1. The van der Waals surface area contributed by atoms with Gasteiger partial charge in [0.25, 0.3) is 10.1 Å². The molecule has 3 atom stereocenters.